The van der Waals surface area contributed by atoms with Gasteiger partial charge in [-0.15, -0.1) is 0 Å². The lowest BCUT2D eigenvalue weighted by Crippen LogP contribution is -2.01. The van der Waals surface area contributed by atoms with Gasteiger partial charge >= 0.3 is 0 Å². The molecule has 1 aromatic carbocycles. The number of hydrogen-bond donors (Lipinski definition) is 1. The maximum atomic E-state index is 5.72. The molecule has 0 aliphatic heterocycles. The Morgan fingerprint density at radius 1 is 1.11 bits per heavy atom. The number of nitrogens with two attached hydrogens (primary N) is 1. The van der Waals surface area contributed by atoms with E-state index >= 15 is 0 Å². The van der Waals surface area contributed by atoms with E-state index in [1.165, 1.54) is 48.8 Å². The van der Waals surface area contributed by atoms with Gasteiger partial charge in [-0.1, -0.05) is 50.8 Å². The molecule has 0 aliphatic rings. The number of hydrogen-bond acceptors (Lipinski definition) is 2. The van der Waals surface area contributed by atoms with Crippen LogP contribution in [0.3, 0.4) is 0 Å². The Hall–Kier alpha value is -0.860. The first-order valence-electron chi connectivity index (χ1n) is 7.14. The molecule has 0 aromatic heterocycles. The van der Waals surface area contributed by atoms with Crippen molar-refractivity contribution in [2.45, 2.75) is 59.1 Å². The predicted molar refractivity (Wildman–Crippen MR) is 77.5 cm³/mol. The van der Waals surface area contributed by atoms with Crippen molar-refractivity contribution >= 4 is 0 Å². The second kappa shape index (κ2) is 9.12. The van der Waals surface area contributed by atoms with Crippen LogP contribution in [0.1, 0.15) is 55.7 Å². The van der Waals surface area contributed by atoms with Crippen molar-refractivity contribution in [3.05, 3.63) is 34.9 Å². The molecule has 0 radical (unpaired) electrons. The fourth-order valence-corrected chi connectivity index (χ4v) is 2.04. The van der Waals surface area contributed by atoms with E-state index in [0.29, 0.717) is 6.54 Å². The minimum Gasteiger partial charge on any atom is -0.377 e. The molecular formula is C16H27NO. The van der Waals surface area contributed by atoms with Gasteiger partial charge in [0.25, 0.3) is 0 Å². The maximum Gasteiger partial charge on any atom is 0.0719 e. The van der Waals surface area contributed by atoms with Crippen LogP contribution in [0, 0.1) is 6.92 Å². The van der Waals surface area contributed by atoms with Crippen molar-refractivity contribution in [3.63, 3.8) is 0 Å². The highest BCUT2D eigenvalue weighted by atomic mass is 16.5. The third-order valence-corrected chi connectivity index (χ3v) is 3.29. The molecule has 1 rings (SSSR count). The molecule has 0 unspecified atom stereocenters. The Labute approximate surface area is 112 Å². The Morgan fingerprint density at radius 3 is 2.56 bits per heavy atom. The predicted octanol–water partition coefficient (Wildman–Crippen LogP) is 3.94. The Balaban J connectivity index is 2.19. The van der Waals surface area contributed by atoms with Crippen molar-refractivity contribution in [2.75, 3.05) is 6.61 Å². The first kappa shape index (κ1) is 15.2. The van der Waals surface area contributed by atoms with Crippen LogP contribution in [0.4, 0.5) is 0 Å². The van der Waals surface area contributed by atoms with Gasteiger partial charge in [0, 0.05) is 13.2 Å². The monoisotopic (exact) mass is 249 g/mol. The van der Waals surface area contributed by atoms with Crippen molar-refractivity contribution in [2.24, 2.45) is 5.73 Å². The van der Waals surface area contributed by atoms with Crippen molar-refractivity contribution in [3.8, 4) is 0 Å². The molecule has 18 heavy (non-hydrogen) atoms. The number of aryl methyl sites for hydroxylation is 1. The van der Waals surface area contributed by atoms with E-state index in [1.807, 2.05) is 0 Å². The van der Waals surface area contributed by atoms with Gasteiger partial charge < -0.3 is 10.5 Å². The summed E-state index contributed by atoms with van der Waals surface area (Å²) in [5.41, 5.74) is 9.37. The summed E-state index contributed by atoms with van der Waals surface area (Å²) in [5.74, 6) is 0. The van der Waals surface area contributed by atoms with Gasteiger partial charge in [-0.05, 0) is 30.0 Å². The van der Waals surface area contributed by atoms with Gasteiger partial charge in [0.1, 0.15) is 0 Å². The third kappa shape index (κ3) is 5.65. The smallest absolute Gasteiger partial charge is 0.0719 e. The summed E-state index contributed by atoms with van der Waals surface area (Å²) in [5, 5.41) is 0. The summed E-state index contributed by atoms with van der Waals surface area (Å²) in [6, 6.07) is 6.38. The van der Waals surface area contributed by atoms with Crippen LogP contribution < -0.4 is 5.73 Å². The molecular weight excluding hydrogens is 222 g/mol. The minimum absolute atomic E-state index is 0.611. The summed E-state index contributed by atoms with van der Waals surface area (Å²) in [6.45, 7) is 6.58. The van der Waals surface area contributed by atoms with E-state index < -0.39 is 0 Å². The van der Waals surface area contributed by atoms with Gasteiger partial charge in [-0.3, -0.25) is 0 Å². The third-order valence-electron chi connectivity index (χ3n) is 3.29. The zero-order valence-corrected chi connectivity index (χ0v) is 11.9. The Kier molecular flexibility index (Phi) is 7.70. The van der Waals surface area contributed by atoms with Crippen molar-refractivity contribution in [1.29, 1.82) is 0 Å². The second-order valence-electron chi connectivity index (χ2n) is 4.93. The molecule has 2 N–H and O–H groups in total. The molecule has 0 atom stereocenters. The van der Waals surface area contributed by atoms with Crippen molar-refractivity contribution < 1.29 is 4.74 Å². The zero-order valence-electron chi connectivity index (χ0n) is 11.9. The highest BCUT2D eigenvalue weighted by molar-refractivity contribution is 5.30. The largest absolute Gasteiger partial charge is 0.377 e. The summed E-state index contributed by atoms with van der Waals surface area (Å²) in [4.78, 5) is 0. The normalized spacial score (nSPS) is 10.8. The van der Waals surface area contributed by atoms with Crippen LogP contribution in [0.25, 0.3) is 0 Å². The van der Waals surface area contributed by atoms with Gasteiger partial charge in [0.15, 0.2) is 0 Å². The summed E-state index contributed by atoms with van der Waals surface area (Å²) in [6.07, 6.45) is 6.45. The average molecular weight is 249 g/mol. The van der Waals surface area contributed by atoms with E-state index in [9.17, 15) is 0 Å². The van der Waals surface area contributed by atoms with Gasteiger partial charge in [0.2, 0.25) is 0 Å². The molecule has 0 amide bonds. The number of rotatable bonds is 9. The molecule has 2 heteroatoms. The van der Waals surface area contributed by atoms with E-state index in [0.717, 1.165) is 13.2 Å². The lowest BCUT2D eigenvalue weighted by atomic mass is 10.1. The number of ether oxygens (including phenoxy) is 1. The molecule has 102 valence electrons. The van der Waals surface area contributed by atoms with E-state index in [2.05, 4.69) is 32.0 Å². The topological polar surface area (TPSA) is 35.2 Å². The standard InChI is InChI=1S/C16H27NO/c1-3-4-5-6-7-10-18-13-16-9-8-15(12-17)11-14(16)2/h8-9,11H,3-7,10,12-13,17H2,1-2H3. The maximum absolute atomic E-state index is 5.72. The lowest BCUT2D eigenvalue weighted by Gasteiger charge is -2.08. The molecule has 0 saturated carbocycles. The summed E-state index contributed by atoms with van der Waals surface area (Å²) in [7, 11) is 0. The number of unbranched alkanes of at least 4 members (excludes halogenated alkanes) is 4. The molecule has 0 aliphatic carbocycles. The van der Waals surface area contributed by atoms with Crippen LogP contribution in [0.15, 0.2) is 18.2 Å². The van der Waals surface area contributed by atoms with Crippen LogP contribution in [0.5, 0.6) is 0 Å². The molecule has 2 nitrogen and oxygen atoms in total. The Bertz CT molecular complexity index is 336. The summed E-state index contributed by atoms with van der Waals surface area (Å²) < 4.78 is 5.72. The van der Waals surface area contributed by atoms with E-state index in [4.69, 9.17) is 10.5 Å². The van der Waals surface area contributed by atoms with Gasteiger partial charge in [0.05, 0.1) is 6.61 Å². The Morgan fingerprint density at radius 2 is 1.89 bits per heavy atom. The summed E-state index contributed by atoms with van der Waals surface area (Å²) >= 11 is 0. The van der Waals surface area contributed by atoms with Gasteiger partial charge in [-0.2, -0.15) is 0 Å². The molecule has 0 fully saturated rings. The van der Waals surface area contributed by atoms with Crippen molar-refractivity contribution in [1.82, 2.24) is 0 Å². The number of benzene rings is 1. The first-order chi connectivity index (χ1) is 8.77. The highest BCUT2D eigenvalue weighted by Gasteiger charge is 2.00. The fourth-order valence-electron chi connectivity index (χ4n) is 2.04. The lowest BCUT2D eigenvalue weighted by molar-refractivity contribution is 0.116. The van der Waals surface area contributed by atoms with Crippen LogP contribution >= 0.6 is 0 Å². The van der Waals surface area contributed by atoms with Gasteiger partial charge in [-0.25, -0.2) is 0 Å². The molecule has 0 spiro atoms. The van der Waals surface area contributed by atoms with Crippen LogP contribution in [0.2, 0.25) is 0 Å². The molecule has 0 heterocycles. The zero-order chi connectivity index (χ0) is 13.2. The average Bonchev–Trinajstić information content (AvgIpc) is 2.39. The first-order valence-corrected chi connectivity index (χ1v) is 7.14. The SMILES string of the molecule is CCCCCCCOCc1ccc(CN)cc1C. The minimum atomic E-state index is 0.611. The quantitative estimate of drug-likeness (QED) is 0.673. The van der Waals surface area contributed by atoms with E-state index in [1.54, 1.807) is 0 Å². The molecule has 1 aromatic rings. The molecule has 0 saturated heterocycles. The van der Waals surface area contributed by atoms with Crippen LogP contribution in [-0.2, 0) is 17.9 Å². The fraction of sp³-hybridized carbons (Fsp3) is 0.625. The van der Waals surface area contributed by atoms with E-state index in [-0.39, 0.29) is 0 Å². The highest BCUT2D eigenvalue weighted by Crippen LogP contribution is 2.12. The molecule has 0 bridgehead atoms. The van der Waals surface area contributed by atoms with Crippen LogP contribution in [-0.4, -0.2) is 6.61 Å². The second-order valence-corrected chi connectivity index (χ2v) is 4.93.